The second-order valence-electron chi connectivity index (χ2n) is 5.15. The van der Waals surface area contributed by atoms with Gasteiger partial charge in [0.1, 0.15) is 0 Å². The fourth-order valence-electron chi connectivity index (χ4n) is 2.84. The van der Waals surface area contributed by atoms with Crippen molar-refractivity contribution in [1.82, 2.24) is 5.32 Å². The van der Waals surface area contributed by atoms with Gasteiger partial charge in [0, 0.05) is 0 Å². The molecule has 1 saturated heterocycles. The Labute approximate surface area is 99.3 Å². The molecular weight excluding hydrogens is 194 g/mol. The first-order valence-corrected chi connectivity index (χ1v) is 6.54. The maximum atomic E-state index is 3.45. The Morgan fingerprint density at radius 3 is 2.31 bits per heavy atom. The van der Waals surface area contributed by atoms with Crippen LogP contribution in [0.2, 0.25) is 0 Å². The molecule has 1 aromatic rings. The van der Waals surface area contributed by atoms with Gasteiger partial charge < -0.3 is 5.32 Å². The van der Waals surface area contributed by atoms with E-state index in [9.17, 15) is 0 Å². The van der Waals surface area contributed by atoms with Crippen molar-refractivity contribution in [1.29, 1.82) is 0 Å². The third-order valence-corrected chi connectivity index (χ3v) is 4.24. The molecule has 0 bridgehead atoms. The molecule has 2 rings (SSSR count). The van der Waals surface area contributed by atoms with E-state index in [1.54, 1.807) is 0 Å². The van der Waals surface area contributed by atoms with Crippen molar-refractivity contribution in [2.45, 2.75) is 32.6 Å². The van der Waals surface area contributed by atoms with E-state index in [0.29, 0.717) is 5.92 Å². The molecule has 16 heavy (non-hydrogen) atoms. The van der Waals surface area contributed by atoms with Gasteiger partial charge in [0.05, 0.1) is 0 Å². The molecule has 1 aromatic carbocycles. The summed E-state index contributed by atoms with van der Waals surface area (Å²) in [5.41, 5.74) is 1.49. The molecule has 1 N–H and O–H groups in total. The highest BCUT2D eigenvalue weighted by Crippen LogP contribution is 2.33. The monoisotopic (exact) mass is 217 g/mol. The number of nitrogens with one attached hydrogen (secondary N) is 1. The molecule has 1 heterocycles. The maximum Gasteiger partial charge on any atom is -0.00462 e. The smallest absolute Gasteiger partial charge is 0.00462 e. The minimum Gasteiger partial charge on any atom is -0.317 e. The number of piperidine rings is 1. The van der Waals surface area contributed by atoms with E-state index in [2.05, 4.69) is 49.5 Å². The zero-order valence-corrected chi connectivity index (χ0v) is 10.4. The second kappa shape index (κ2) is 5.49. The summed E-state index contributed by atoms with van der Waals surface area (Å²) in [5, 5.41) is 3.45. The van der Waals surface area contributed by atoms with Gasteiger partial charge in [0.2, 0.25) is 0 Å². The van der Waals surface area contributed by atoms with Gasteiger partial charge in [0.15, 0.2) is 0 Å². The standard InChI is InChI=1S/C15H23N/c1-12(14-6-4-3-5-7-14)13(2)15-8-10-16-11-9-15/h3-7,12-13,15-16H,8-11H2,1-2H3. The largest absolute Gasteiger partial charge is 0.317 e. The average molecular weight is 217 g/mol. The van der Waals surface area contributed by atoms with Gasteiger partial charge >= 0.3 is 0 Å². The molecule has 1 fully saturated rings. The number of rotatable bonds is 3. The minimum absolute atomic E-state index is 0.685. The summed E-state index contributed by atoms with van der Waals surface area (Å²) in [7, 11) is 0. The Hall–Kier alpha value is -0.820. The summed E-state index contributed by atoms with van der Waals surface area (Å²) in [5.74, 6) is 2.38. The quantitative estimate of drug-likeness (QED) is 0.818. The Morgan fingerprint density at radius 1 is 1.06 bits per heavy atom. The molecule has 0 aromatic heterocycles. The van der Waals surface area contributed by atoms with Crippen LogP contribution < -0.4 is 5.32 Å². The van der Waals surface area contributed by atoms with Crippen LogP contribution in [0.5, 0.6) is 0 Å². The highest BCUT2D eigenvalue weighted by molar-refractivity contribution is 5.19. The number of hydrogen-bond donors (Lipinski definition) is 1. The first kappa shape index (κ1) is 11.7. The lowest BCUT2D eigenvalue weighted by Gasteiger charge is -2.32. The number of hydrogen-bond acceptors (Lipinski definition) is 1. The van der Waals surface area contributed by atoms with E-state index in [0.717, 1.165) is 11.8 Å². The van der Waals surface area contributed by atoms with Gasteiger partial charge in [0.25, 0.3) is 0 Å². The van der Waals surface area contributed by atoms with Gasteiger partial charge in [-0.25, -0.2) is 0 Å². The van der Waals surface area contributed by atoms with Crippen molar-refractivity contribution in [2.75, 3.05) is 13.1 Å². The molecule has 1 nitrogen and oxygen atoms in total. The minimum atomic E-state index is 0.685. The lowest BCUT2D eigenvalue weighted by atomic mass is 9.76. The van der Waals surface area contributed by atoms with Crippen molar-refractivity contribution in [3.8, 4) is 0 Å². The molecule has 1 aliphatic rings. The van der Waals surface area contributed by atoms with Gasteiger partial charge in [-0.05, 0) is 49.2 Å². The first-order chi connectivity index (χ1) is 7.79. The van der Waals surface area contributed by atoms with E-state index >= 15 is 0 Å². The van der Waals surface area contributed by atoms with Crippen LogP contribution in [-0.4, -0.2) is 13.1 Å². The van der Waals surface area contributed by atoms with Gasteiger partial charge in [-0.15, -0.1) is 0 Å². The van der Waals surface area contributed by atoms with E-state index < -0.39 is 0 Å². The highest BCUT2D eigenvalue weighted by atomic mass is 14.9. The van der Waals surface area contributed by atoms with Crippen LogP contribution in [0, 0.1) is 11.8 Å². The molecule has 88 valence electrons. The Bertz CT molecular complexity index is 300. The van der Waals surface area contributed by atoms with E-state index in [1.807, 2.05) is 0 Å². The molecule has 2 unspecified atom stereocenters. The average Bonchev–Trinajstić information content (AvgIpc) is 2.39. The van der Waals surface area contributed by atoms with E-state index in [4.69, 9.17) is 0 Å². The Morgan fingerprint density at radius 2 is 1.69 bits per heavy atom. The van der Waals surface area contributed by atoms with Gasteiger partial charge in [-0.3, -0.25) is 0 Å². The van der Waals surface area contributed by atoms with E-state index in [-0.39, 0.29) is 0 Å². The lowest BCUT2D eigenvalue weighted by molar-refractivity contribution is 0.248. The van der Waals surface area contributed by atoms with Crippen LogP contribution in [0.25, 0.3) is 0 Å². The van der Waals surface area contributed by atoms with Crippen molar-refractivity contribution in [3.63, 3.8) is 0 Å². The topological polar surface area (TPSA) is 12.0 Å². The highest BCUT2D eigenvalue weighted by Gasteiger charge is 2.24. The summed E-state index contributed by atoms with van der Waals surface area (Å²) in [4.78, 5) is 0. The SMILES string of the molecule is CC(c1ccccc1)C(C)C1CCNCC1. The zero-order chi connectivity index (χ0) is 11.4. The van der Waals surface area contributed by atoms with Crippen molar-refractivity contribution >= 4 is 0 Å². The normalized spacial score (nSPS) is 21.6. The van der Waals surface area contributed by atoms with E-state index in [1.165, 1.54) is 31.5 Å². The van der Waals surface area contributed by atoms with Crippen LogP contribution >= 0.6 is 0 Å². The van der Waals surface area contributed by atoms with Crippen molar-refractivity contribution in [3.05, 3.63) is 35.9 Å². The van der Waals surface area contributed by atoms with Crippen LogP contribution in [0.3, 0.4) is 0 Å². The van der Waals surface area contributed by atoms with Crippen LogP contribution in [0.15, 0.2) is 30.3 Å². The molecule has 0 amide bonds. The molecule has 2 atom stereocenters. The predicted molar refractivity (Wildman–Crippen MR) is 69.6 cm³/mol. The van der Waals surface area contributed by atoms with Crippen molar-refractivity contribution in [2.24, 2.45) is 11.8 Å². The molecule has 0 radical (unpaired) electrons. The Kier molecular flexibility index (Phi) is 4.00. The lowest BCUT2D eigenvalue weighted by Crippen LogP contribution is -2.32. The second-order valence-corrected chi connectivity index (χ2v) is 5.15. The molecule has 0 aliphatic carbocycles. The summed E-state index contributed by atoms with van der Waals surface area (Å²) < 4.78 is 0. The van der Waals surface area contributed by atoms with Crippen LogP contribution in [-0.2, 0) is 0 Å². The summed E-state index contributed by atoms with van der Waals surface area (Å²) in [6.07, 6.45) is 2.69. The molecule has 1 aliphatic heterocycles. The van der Waals surface area contributed by atoms with Crippen LogP contribution in [0.4, 0.5) is 0 Å². The summed E-state index contributed by atoms with van der Waals surface area (Å²) in [6.45, 7) is 7.21. The van der Waals surface area contributed by atoms with Gasteiger partial charge in [-0.2, -0.15) is 0 Å². The first-order valence-electron chi connectivity index (χ1n) is 6.54. The Balaban J connectivity index is 2.00. The third-order valence-electron chi connectivity index (χ3n) is 4.24. The maximum absolute atomic E-state index is 3.45. The predicted octanol–water partition coefficient (Wildman–Crippen LogP) is 3.43. The van der Waals surface area contributed by atoms with Crippen LogP contribution in [0.1, 0.15) is 38.2 Å². The molecular formula is C15H23N. The van der Waals surface area contributed by atoms with Crippen molar-refractivity contribution < 1.29 is 0 Å². The molecule has 0 saturated carbocycles. The molecule has 0 spiro atoms. The zero-order valence-electron chi connectivity index (χ0n) is 10.4. The molecule has 1 heteroatoms. The number of benzene rings is 1. The fraction of sp³-hybridized carbons (Fsp3) is 0.600. The third kappa shape index (κ3) is 2.65. The summed E-state index contributed by atoms with van der Waals surface area (Å²) >= 11 is 0. The van der Waals surface area contributed by atoms with Gasteiger partial charge in [-0.1, -0.05) is 44.2 Å². The summed E-state index contributed by atoms with van der Waals surface area (Å²) in [6, 6.07) is 10.9. The fourth-order valence-corrected chi connectivity index (χ4v) is 2.84.